The summed E-state index contributed by atoms with van der Waals surface area (Å²) in [5.41, 5.74) is 0.182. The first-order valence-corrected chi connectivity index (χ1v) is 9.43. The first-order valence-electron chi connectivity index (χ1n) is 8.55. The Morgan fingerprint density at radius 3 is 2.43 bits per heavy atom. The number of amides is 1. The van der Waals surface area contributed by atoms with Crippen molar-refractivity contribution in [1.82, 2.24) is 4.98 Å². The molecular weight excluding hydrogens is 421 g/mol. The Bertz CT molecular complexity index is 1090. The predicted molar refractivity (Wildman–Crippen MR) is 104 cm³/mol. The third-order valence-corrected chi connectivity index (χ3v) is 4.89. The van der Waals surface area contributed by atoms with Gasteiger partial charge in [0.25, 0.3) is 5.91 Å². The summed E-state index contributed by atoms with van der Waals surface area (Å²) in [7, 11) is 1.55. The van der Waals surface area contributed by atoms with E-state index < -0.39 is 41.1 Å². The van der Waals surface area contributed by atoms with Gasteiger partial charge in [0, 0.05) is 10.9 Å². The summed E-state index contributed by atoms with van der Waals surface area (Å²) in [5.74, 6) is -5.76. The van der Waals surface area contributed by atoms with Gasteiger partial charge in [0.1, 0.15) is 10.8 Å². The van der Waals surface area contributed by atoms with E-state index in [-0.39, 0.29) is 5.69 Å². The lowest BCUT2D eigenvalue weighted by Crippen LogP contribution is -2.30. The Morgan fingerprint density at radius 1 is 1.07 bits per heavy atom. The van der Waals surface area contributed by atoms with E-state index in [1.165, 1.54) is 23.6 Å². The second kappa shape index (κ2) is 8.95. The van der Waals surface area contributed by atoms with E-state index in [0.717, 1.165) is 11.6 Å². The summed E-state index contributed by atoms with van der Waals surface area (Å²) >= 11 is 1.21. The van der Waals surface area contributed by atoms with Gasteiger partial charge in [-0.2, -0.15) is 0 Å². The zero-order chi connectivity index (χ0) is 21.8. The summed E-state index contributed by atoms with van der Waals surface area (Å²) in [6.45, 7) is 1.25. The Balaban J connectivity index is 1.64. The van der Waals surface area contributed by atoms with Crippen LogP contribution in [-0.4, -0.2) is 30.1 Å². The molecule has 10 heteroatoms. The second-order valence-electron chi connectivity index (χ2n) is 6.03. The molecule has 0 saturated heterocycles. The Hall–Kier alpha value is -3.40. The van der Waals surface area contributed by atoms with Crippen molar-refractivity contribution in [1.29, 1.82) is 0 Å². The third-order valence-electron chi connectivity index (χ3n) is 4.00. The van der Waals surface area contributed by atoms with Gasteiger partial charge in [0.15, 0.2) is 29.2 Å². The number of carbonyl (C=O) groups is 2. The number of rotatable bonds is 6. The molecule has 1 unspecified atom stereocenters. The lowest BCUT2D eigenvalue weighted by atomic mass is 10.2. The average molecular weight is 436 g/mol. The van der Waals surface area contributed by atoms with Crippen LogP contribution in [0.4, 0.5) is 18.9 Å². The van der Waals surface area contributed by atoms with Gasteiger partial charge in [-0.15, -0.1) is 11.3 Å². The van der Waals surface area contributed by atoms with E-state index in [4.69, 9.17) is 9.47 Å². The number of benzene rings is 2. The molecule has 1 amide bonds. The highest BCUT2D eigenvalue weighted by atomic mass is 32.1. The van der Waals surface area contributed by atoms with Crippen molar-refractivity contribution in [2.45, 2.75) is 13.0 Å². The van der Waals surface area contributed by atoms with E-state index in [1.54, 1.807) is 31.4 Å². The number of hydrogen-bond donors (Lipinski definition) is 1. The van der Waals surface area contributed by atoms with Gasteiger partial charge in [-0.3, -0.25) is 4.79 Å². The SMILES string of the molecule is COc1ccc(-c2nc(C(=O)OC(C)C(=O)Nc3ccc(F)c(F)c3F)cs2)cc1. The molecule has 1 heterocycles. The minimum Gasteiger partial charge on any atom is -0.497 e. The molecule has 1 N–H and O–H groups in total. The molecule has 0 aliphatic heterocycles. The molecule has 0 saturated carbocycles. The molecule has 0 radical (unpaired) electrons. The highest BCUT2D eigenvalue weighted by Gasteiger charge is 2.23. The van der Waals surface area contributed by atoms with Crippen LogP contribution in [0.15, 0.2) is 41.8 Å². The predicted octanol–water partition coefficient (Wildman–Crippen LogP) is 4.42. The van der Waals surface area contributed by atoms with Crippen LogP contribution in [0.2, 0.25) is 0 Å². The molecule has 6 nitrogen and oxygen atoms in total. The van der Waals surface area contributed by atoms with Gasteiger partial charge in [0.05, 0.1) is 12.8 Å². The Morgan fingerprint density at radius 2 is 1.77 bits per heavy atom. The van der Waals surface area contributed by atoms with Crippen LogP contribution in [0.3, 0.4) is 0 Å². The van der Waals surface area contributed by atoms with E-state index in [2.05, 4.69) is 4.98 Å². The number of anilines is 1. The maximum atomic E-state index is 13.7. The van der Waals surface area contributed by atoms with Crippen LogP contribution in [-0.2, 0) is 9.53 Å². The fraction of sp³-hybridized carbons (Fsp3) is 0.150. The molecule has 0 spiro atoms. The fourth-order valence-electron chi connectivity index (χ4n) is 2.36. The van der Waals surface area contributed by atoms with Crippen LogP contribution >= 0.6 is 11.3 Å². The maximum Gasteiger partial charge on any atom is 0.358 e. The molecule has 0 aliphatic carbocycles. The minimum atomic E-state index is -1.72. The lowest BCUT2D eigenvalue weighted by molar-refractivity contribution is -0.123. The van der Waals surface area contributed by atoms with Crippen LogP contribution in [0.25, 0.3) is 10.6 Å². The molecule has 156 valence electrons. The normalized spacial score (nSPS) is 11.6. The summed E-state index contributed by atoms with van der Waals surface area (Å²) in [6.07, 6.45) is -1.34. The minimum absolute atomic E-state index is 0.00975. The largest absolute Gasteiger partial charge is 0.497 e. The van der Waals surface area contributed by atoms with Crippen LogP contribution in [0.5, 0.6) is 5.75 Å². The highest BCUT2D eigenvalue weighted by Crippen LogP contribution is 2.26. The standard InChI is InChI=1S/C20H15F3N2O4S/c1-10(18(26)24-14-8-7-13(21)16(22)17(14)23)29-20(27)15-9-30-19(25-15)11-3-5-12(28-2)6-4-11/h3-10H,1-2H3,(H,24,26). The number of hydrogen-bond acceptors (Lipinski definition) is 6. The monoisotopic (exact) mass is 436 g/mol. The number of aromatic nitrogens is 1. The fourth-order valence-corrected chi connectivity index (χ4v) is 3.16. The van der Waals surface area contributed by atoms with E-state index in [9.17, 15) is 22.8 Å². The van der Waals surface area contributed by atoms with Gasteiger partial charge in [-0.05, 0) is 43.3 Å². The molecule has 1 aromatic heterocycles. The number of carbonyl (C=O) groups excluding carboxylic acids is 2. The van der Waals surface area contributed by atoms with Crippen molar-refractivity contribution in [3.05, 3.63) is 64.9 Å². The van der Waals surface area contributed by atoms with E-state index in [1.807, 2.05) is 5.32 Å². The highest BCUT2D eigenvalue weighted by molar-refractivity contribution is 7.13. The molecule has 0 fully saturated rings. The molecule has 3 aromatic rings. The topological polar surface area (TPSA) is 77.5 Å². The molecule has 0 bridgehead atoms. The van der Waals surface area contributed by atoms with Gasteiger partial charge in [0.2, 0.25) is 0 Å². The number of nitrogens with one attached hydrogen (secondary N) is 1. The Kier molecular flexibility index (Phi) is 6.36. The van der Waals surface area contributed by atoms with Gasteiger partial charge >= 0.3 is 5.97 Å². The summed E-state index contributed by atoms with van der Waals surface area (Å²) < 4.78 is 50.0. The molecule has 3 rings (SSSR count). The van der Waals surface area contributed by atoms with Crippen LogP contribution in [0.1, 0.15) is 17.4 Å². The smallest absolute Gasteiger partial charge is 0.358 e. The number of halogens is 3. The number of esters is 1. The zero-order valence-corrected chi connectivity index (χ0v) is 16.6. The molecule has 2 aromatic carbocycles. The third kappa shape index (κ3) is 4.60. The van der Waals surface area contributed by atoms with Crippen molar-refractivity contribution in [3.63, 3.8) is 0 Å². The molecule has 30 heavy (non-hydrogen) atoms. The quantitative estimate of drug-likeness (QED) is 0.457. The lowest BCUT2D eigenvalue weighted by Gasteiger charge is -2.13. The van der Waals surface area contributed by atoms with Crippen molar-refractivity contribution < 1.29 is 32.2 Å². The first kappa shape index (κ1) is 21.3. The number of methoxy groups -OCH3 is 1. The van der Waals surface area contributed by atoms with Crippen molar-refractivity contribution in [2.75, 3.05) is 12.4 Å². The van der Waals surface area contributed by atoms with Gasteiger partial charge < -0.3 is 14.8 Å². The maximum absolute atomic E-state index is 13.7. The summed E-state index contributed by atoms with van der Waals surface area (Å²) in [4.78, 5) is 28.6. The molecule has 0 aliphatic rings. The van der Waals surface area contributed by atoms with Crippen molar-refractivity contribution >= 4 is 28.9 Å². The summed E-state index contributed by atoms with van der Waals surface area (Å²) in [5, 5.41) is 4.08. The number of thiazole rings is 1. The van der Waals surface area contributed by atoms with Gasteiger partial charge in [-0.1, -0.05) is 0 Å². The van der Waals surface area contributed by atoms with Crippen molar-refractivity contribution in [3.8, 4) is 16.3 Å². The zero-order valence-electron chi connectivity index (χ0n) is 15.7. The van der Waals surface area contributed by atoms with Crippen LogP contribution < -0.4 is 10.1 Å². The molecular formula is C20H15F3N2O4S. The van der Waals surface area contributed by atoms with E-state index >= 15 is 0 Å². The number of nitrogens with zero attached hydrogens (tertiary/aromatic N) is 1. The molecule has 1 atom stereocenters. The van der Waals surface area contributed by atoms with Crippen LogP contribution in [0, 0.1) is 17.5 Å². The second-order valence-corrected chi connectivity index (χ2v) is 6.88. The number of ether oxygens (including phenoxy) is 2. The van der Waals surface area contributed by atoms with Gasteiger partial charge in [-0.25, -0.2) is 22.9 Å². The Labute approximate surface area is 173 Å². The van der Waals surface area contributed by atoms with Crippen molar-refractivity contribution in [2.24, 2.45) is 0 Å². The van der Waals surface area contributed by atoms with E-state index in [0.29, 0.717) is 16.8 Å². The average Bonchev–Trinajstić information content (AvgIpc) is 3.24. The first-order chi connectivity index (χ1) is 14.3. The summed E-state index contributed by atoms with van der Waals surface area (Å²) in [6, 6.07) is 8.58.